The molecule has 1 N–H and O–H groups in total. The van der Waals surface area contributed by atoms with Gasteiger partial charge in [-0.15, -0.1) is 0 Å². The van der Waals surface area contributed by atoms with E-state index in [0.29, 0.717) is 0 Å². The van der Waals surface area contributed by atoms with E-state index in [4.69, 9.17) is 4.74 Å². The number of aryl methyl sites for hydroxylation is 1. The van der Waals surface area contributed by atoms with Gasteiger partial charge in [0.25, 0.3) is 0 Å². The van der Waals surface area contributed by atoms with Crippen molar-refractivity contribution in [1.82, 2.24) is 0 Å². The Bertz CT molecular complexity index is 318. The van der Waals surface area contributed by atoms with Crippen molar-refractivity contribution in [2.24, 2.45) is 0 Å². The van der Waals surface area contributed by atoms with Crippen molar-refractivity contribution in [3.05, 3.63) is 29.3 Å². The van der Waals surface area contributed by atoms with Crippen molar-refractivity contribution in [2.45, 2.75) is 39.7 Å². The van der Waals surface area contributed by atoms with Crippen LogP contribution in [0.2, 0.25) is 0 Å². The first kappa shape index (κ1) is 12.1. The maximum atomic E-state index is 9.22. The predicted octanol–water partition coefficient (Wildman–Crippen LogP) is 2.88. The maximum Gasteiger partial charge on any atom is 0.123 e. The molecule has 0 bridgehead atoms. The number of rotatable bonds is 4. The highest BCUT2D eigenvalue weighted by Crippen LogP contribution is 2.30. The summed E-state index contributed by atoms with van der Waals surface area (Å²) >= 11 is 0. The highest BCUT2D eigenvalue weighted by molar-refractivity contribution is 5.42. The molecule has 0 spiro atoms. The molecule has 0 aliphatic carbocycles. The van der Waals surface area contributed by atoms with Crippen molar-refractivity contribution in [3.8, 4) is 5.75 Å². The van der Waals surface area contributed by atoms with Gasteiger partial charge >= 0.3 is 0 Å². The Kier molecular flexibility index (Phi) is 4.15. The molecule has 0 fully saturated rings. The minimum atomic E-state index is 0.125. The minimum absolute atomic E-state index is 0.125. The summed E-state index contributed by atoms with van der Waals surface area (Å²) in [4.78, 5) is 0. The summed E-state index contributed by atoms with van der Waals surface area (Å²) in [5, 5.41) is 9.22. The first-order valence-corrected chi connectivity index (χ1v) is 5.43. The molecular weight excluding hydrogens is 188 g/mol. The van der Waals surface area contributed by atoms with Gasteiger partial charge in [-0.1, -0.05) is 19.1 Å². The largest absolute Gasteiger partial charge is 0.491 e. The minimum Gasteiger partial charge on any atom is -0.491 e. The molecule has 0 aromatic heterocycles. The number of aliphatic hydroxyl groups excluding tert-OH is 1. The summed E-state index contributed by atoms with van der Waals surface area (Å²) in [7, 11) is 0. The molecule has 0 radical (unpaired) electrons. The molecule has 1 unspecified atom stereocenters. The van der Waals surface area contributed by atoms with Gasteiger partial charge in [-0.3, -0.25) is 0 Å². The normalized spacial score (nSPS) is 12.9. The molecule has 84 valence electrons. The first-order chi connectivity index (χ1) is 7.06. The van der Waals surface area contributed by atoms with Gasteiger partial charge in [0.1, 0.15) is 5.75 Å². The average Bonchev–Trinajstić information content (AvgIpc) is 2.16. The molecule has 0 saturated heterocycles. The van der Waals surface area contributed by atoms with E-state index in [0.717, 1.165) is 11.3 Å². The van der Waals surface area contributed by atoms with E-state index >= 15 is 0 Å². The van der Waals surface area contributed by atoms with Crippen LogP contribution in [0.3, 0.4) is 0 Å². The topological polar surface area (TPSA) is 29.5 Å². The van der Waals surface area contributed by atoms with Crippen LogP contribution in [0.5, 0.6) is 5.75 Å². The van der Waals surface area contributed by atoms with Gasteiger partial charge in [0.15, 0.2) is 0 Å². The fraction of sp³-hybridized carbons (Fsp3) is 0.538. The van der Waals surface area contributed by atoms with Crippen LogP contribution < -0.4 is 4.74 Å². The highest BCUT2D eigenvalue weighted by atomic mass is 16.5. The summed E-state index contributed by atoms with van der Waals surface area (Å²) in [5.74, 6) is 1.02. The lowest BCUT2D eigenvalue weighted by Gasteiger charge is -2.19. The van der Waals surface area contributed by atoms with Crippen molar-refractivity contribution >= 4 is 0 Å². The van der Waals surface area contributed by atoms with Crippen molar-refractivity contribution in [1.29, 1.82) is 0 Å². The monoisotopic (exact) mass is 208 g/mol. The standard InChI is InChI=1S/C13H20O2/c1-9(2)15-12-7-5-6-10(3)13(12)11(4)8-14/h5-7,9,11,14H,8H2,1-4H3. The lowest BCUT2D eigenvalue weighted by atomic mass is 9.96. The molecule has 1 aromatic rings. The molecule has 15 heavy (non-hydrogen) atoms. The Morgan fingerprint density at radius 3 is 2.47 bits per heavy atom. The Morgan fingerprint density at radius 2 is 1.93 bits per heavy atom. The quantitative estimate of drug-likeness (QED) is 0.824. The van der Waals surface area contributed by atoms with Crippen LogP contribution in [0.4, 0.5) is 0 Å². The molecule has 1 atom stereocenters. The Balaban J connectivity index is 3.08. The molecule has 0 amide bonds. The maximum absolute atomic E-state index is 9.22. The zero-order valence-electron chi connectivity index (χ0n) is 9.95. The van der Waals surface area contributed by atoms with Crippen LogP contribution in [0.1, 0.15) is 37.8 Å². The van der Waals surface area contributed by atoms with E-state index in [2.05, 4.69) is 13.0 Å². The van der Waals surface area contributed by atoms with Crippen LogP contribution >= 0.6 is 0 Å². The third-order valence-corrected chi connectivity index (χ3v) is 2.41. The van der Waals surface area contributed by atoms with E-state index in [1.165, 1.54) is 5.56 Å². The van der Waals surface area contributed by atoms with Gasteiger partial charge in [-0.2, -0.15) is 0 Å². The lowest BCUT2D eigenvalue weighted by Crippen LogP contribution is -2.11. The van der Waals surface area contributed by atoms with Crippen molar-refractivity contribution in [2.75, 3.05) is 6.61 Å². The molecule has 1 rings (SSSR count). The second kappa shape index (κ2) is 5.17. The van der Waals surface area contributed by atoms with Gasteiger partial charge in [-0.05, 0) is 32.4 Å². The van der Waals surface area contributed by atoms with Crippen LogP contribution in [0.25, 0.3) is 0 Å². The fourth-order valence-electron chi connectivity index (χ4n) is 1.73. The summed E-state index contributed by atoms with van der Waals surface area (Å²) in [5.41, 5.74) is 2.29. The Labute approximate surface area is 91.9 Å². The van der Waals surface area contributed by atoms with Crippen LogP contribution in [0.15, 0.2) is 18.2 Å². The summed E-state index contributed by atoms with van der Waals surface area (Å²) < 4.78 is 5.74. The van der Waals surface area contributed by atoms with Gasteiger partial charge in [0, 0.05) is 18.1 Å². The zero-order valence-corrected chi connectivity index (χ0v) is 9.95. The number of benzene rings is 1. The van der Waals surface area contributed by atoms with Crippen LogP contribution in [-0.2, 0) is 0 Å². The average molecular weight is 208 g/mol. The summed E-state index contributed by atoms with van der Waals surface area (Å²) in [6, 6.07) is 6.00. The van der Waals surface area contributed by atoms with Gasteiger partial charge < -0.3 is 9.84 Å². The van der Waals surface area contributed by atoms with Crippen molar-refractivity contribution < 1.29 is 9.84 Å². The number of ether oxygens (including phenoxy) is 1. The fourth-order valence-corrected chi connectivity index (χ4v) is 1.73. The number of aliphatic hydroxyl groups is 1. The molecule has 1 aromatic carbocycles. The van der Waals surface area contributed by atoms with E-state index in [-0.39, 0.29) is 18.6 Å². The molecule has 2 nitrogen and oxygen atoms in total. The second-order valence-electron chi connectivity index (χ2n) is 4.24. The zero-order chi connectivity index (χ0) is 11.4. The van der Waals surface area contributed by atoms with E-state index in [1.54, 1.807) is 0 Å². The van der Waals surface area contributed by atoms with Crippen LogP contribution in [0, 0.1) is 6.92 Å². The molecular formula is C13H20O2. The second-order valence-corrected chi connectivity index (χ2v) is 4.24. The van der Waals surface area contributed by atoms with Gasteiger partial charge in [0.05, 0.1) is 6.10 Å². The highest BCUT2D eigenvalue weighted by Gasteiger charge is 2.14. The lowest BCUT2D eigenvalue weighted by molar-refractivity contribution is 0.230. The van der Waals surface area contributed by atoms with E-state index in [1.807, 2.05) is 32.9 Å². The summed E-state index contributed by atoms with van der Waals surface area (Å²) in [6.07, 6.45) is 0.163. The number of hydrogen-bond donors (Lipinski definition) is 1. The smallest absolute Gasteiger partial charge is 0.123 e. The Hall–Kier alpha value is -1.02. The third-order valence-electron chi connectivity index (χ3n) is 2.41. The predicted molar refractivity (Wildman–Crippen MR) is 62.4 cm³/mol. The van der Waals surface area contributed by atoms with E-state index in [9.17, 15) is 5.11 Å². The molecule has 2 heteroatoms. The van der Waals surface area contributed by atoms with Gasteiger partial charge in [0.2, 0.25) is 0 Å². The first-order valence-electron chi connectivity index (χ1n) is 5.43. The van der Waals surface area contributed by atoms with E-state index < -0.39 is 0 Å². The molecule has 0 aliphatic heterocycles. The molecule has 0 heterocycles. The van der Waals surface area contributed by atoms with Crippen LogP contribution in [-0.4, -0.2) is 17.8 Å². The summed E-state index contributed by atoms with van der Waals surface area (Å²) in [6.45, 7) is 8.23. The van der Waals surface area contributed by atoms with Crippen molar-refractivity contribution in [3.63, 3.8) is 0 Å². The van der Waals surface area contributed by atoms with Gasteiger partial charge in [-0.25, -0.2) is 0 Å². The molecule has 0 aliphatic rings. The molecule has 0 saturated carbocycles. The SMILES string of the molecule is Cc1cccc(OC(C)C)c1C(C)CO. The third kappa shape index (κ3) is 2.96. The number of hydrogen-bond acceptors (Lipinski definition) is 2. The Morgan fingerprint density at radius 1 is 1.27 bits per heavy atom.